The molecule has 6 N–H and O–H groups in total. The van der Waals surface area contributed by atoms with Crippen LogP contribution >= 0.6 is 0 Å². The van der Waals surface area contributed by atoms with Crippen LogP contribution in [0, 0.1) is 0 Å². The first-order chi connectivity index (χ1) is 35.4. The maximum atomic E-state index is 7.00. The van der Waals surface area contributed by atoms with E-state index in [1.807, 2.05) is 109 Å². The van der Waals surface area contributed by atoms with Gasteiger partial charge in [-0.3, -0.25) is 0 Å². The van der Waals surface area contributed by atoms with E-state index < -0.39 is 0 Å². The third kappa shape index (κ3) is 61.4. The Hall–Kier alpha value is -1.68. The first kappa shape index (κ1) is 77.6. The van der Waals surface area contributed by atoms with Crippen LogP contribution in [0.2, 0.25) is 0 Å². The molecule has 0 aromatic heterocycles. The van der Waals surface area contributed by atoms with Gasteiger partial charge in [-0.2, -0.15) is 0 Å². The second-order valence-electron chi connectivity index (χ2n) is 16.1. The van der Waals surface area contributed by atoms with Gasteiger partial charge in [-0.25, -0.2) is 0 Å². The number of ether oxygens (including phenoxy) is 6. The number of hydrogen-bond acceptors (Lipinski definition) is 6. The van der Waals surface area contributed by atoms with Crippen LogP contribution < -0.4 is 0 Å². The van der Waals surface area contributed by atoms with Gasteiger partial charge in [-0.15, -0.1) is 34.1 Å². The van der Waals surface area contributed by atoms with Crippen molar-refractivity contribution in [1.82, 2.24) is 0 Å². The van der Waals surface area contributed by atoms with Crippen molar-refractivity contribution in [2.24, 2.45) is 0 Å². The van der Waals surface area contributed by atoms with Crippen molar-refractivity contribution in [3.63, 3.8) is 0 Å². The zero-order valence-electron chi connectivity index (χ0n) is 44.9. The van der Waals surface area contributed by atoms with E-state index in [9.17, 15) is 0 Å². The fourth-order valence-electron chi connectivity index (χ4n) is 5.69. The van der Waals surface area contributed by atoms with Gasteiger partial charge >= 0.3 is 136 Å². The van der Waals surface area contributed by atoms with E-state index in [1.165, 1.54) is 77.0 Å². The van der Waals surface area contributed by atoms with Gasteiger partial charge in [0.25, 0.3) is 0 Å². The summed E-state index contributed by atoms with van der Waals surface area (Å²) in [6, 6.07) is 54.6. The summed E-state index contributed by atoms with van der Waals surface area (Å²) in [6.45, 7) is 12.0. The first-order valence-corrected chi connectivity index (χ1v) is 25.4. The van der Waals surface area contributed by atoms with Crippen LogP contribution in [0.1, 0.15) is 77.0 Å². The molecule has 0 atom stereocenters. The summed E-state index contributed by atoms with van der Waals surface area (Å²) in [6.07, 6.45) is 15.3. The van der Waals surface area contributed by atoms with E-state index in [4.69, 9.17) is 62.8 Å². The molecule has 6 heterocycles. The summed E-state index contributed by atoms with van der Waals surface area (Å²) in [7, 11) is 0. The Morgan fingerprint density at radius 2 is 0.267 bits per heavy atom. The zero-order chi connectivity index (χ0) is 51.9. The van der Waals surface area contributed by atoms with Crippen LogP contribution in [-0.4, -0.2) is 216 Å². The van der Waals surface area contributed by atoms with Gasteiger partial charge in [0.05, 0.1) is 0 Å². The second kappa shape index (κ2) is 63.2. The molecule has 0 bridgehead atoms. The van der Waals surface area contributed by atoms with Gasteiger partial charge in [0, 0.05) is 79.3 Å². The third-order valence-electron chi connectivity index (χ3n) is 9.61. The number of hydrogen-bond donors (Lipinski definition) is 0. The third-order valence-corrected chi connectivity index (χ3v) is 9.61. The summed E-state index contributed by atoms with van der Waals surface area (Å²) >= 11 is 0. The van der Waals surface area contributed by atoms with E-state index >= 15 is 0 Å². The van der Waals surface area contributed by atoms with Crippen molar-refractivity contribution in [3.8, 4) is 0 Å². The number of rotatable bonds is 0. The van der Waals surface area contributed by atoms with Crippen molar-refractivity contribution in [2.75, 3.05) is 79.3 Å². The molecule has 15 heteroatoms. The molecular weight excluding hydrogens is 1160 g/mol. The Bertz CT molecular complexity index is 1510. The van der Waals surface area contributed by atoms with Crippen LogP contribution in [0.3, 0.4) is 0 Å². The fourth-order valence-corrected chi connectivity index (χ4v) is 5.69. The summed E-state index contributed by atoms with van der Waals surface area (Å²) < 4.78 is 29.7. The van der Waals surface area contributed by atoms with Gasteiger partial charge in [0.15, 0.2) is 0 Å². The van der Waals surface area contributed by atoms with Gasteiger partial charge in [-0.1, -0.05) is 182 Å². The van der Waals surface area contributed by atoms with E-state index in [0.717, 1.165) is 79.3 Å². The summed E-state index contributed by atoms with van der Waals surface area (Å²) in [5.74, 6) is 0. The number of benzene rings is 6. The Kier molecular flexibility index (Phi) is 65.3. The molecule has 6 aromatic carbocycles. The Morgan fingerprint density at radius 1 is 0.173 bits per heavy atom. The Balaban J connectivity index is -0.000000753. The molecule has 75 heavy (non-hydrogen) atoms. The molecule has 0 unspecified atom stereocenters. The smallest absolute Gasteiger partial charge is 0.699 e. The van der Waals surface area contributed by atoms with Gasteiger partial charge in [0.2, 0.25) is 0 Å². The molecule has 0 saturated carbocycles. The SMILES string of the molecule is C1CCOC1.C1CCOC1.C1CCOC1.C1CCOC1.C1CCOC1.C1CCOC1.[NH-]c1ccccc1.[NH-]c1ccccc1.[NH-]c1ccccc1.[NH-]c1ccccc1.[NH-]c1ccccc1.[NH-]c1ccccc1.[Sr+2].[Sr+2].[Sr+2]. The van der Waals surface area contributed by atoms with Crippen LogP contribution in [0.4, 0.5) is 34.1 Å². The molecule has 0 amide bonds. The Labute approximate surface area is 563 Å². The minimum atomic E-state index is 0. The van der Waals surface area contributed by atoms with E-state index in [0.29, 0.717) is 34.1 Å². The monoisotopic (exact) mass is 1250 g/mol. The van der Waals surface area contributed by atoms with Crippen molar-refractivity contribution < 1.29 is 28.4 Å². The molecule has 6 saturated heterocycles. The summed E-state index contributed by atoms with van der Waals surface area (Å²) in [5.41, 5.74) is 45.4. The molecule has 0 aliphatic carbocycles. The van der Waals surface area contributed by atoms with E-state index in [2.05, 4.69) is 0 Å². The van der Waals surface area contributed by atoms with Gasteiger partial charge in [-0.05, 0) is 77.0 Å². The molecule has 6 aliphatic rings. The van der Waals surface area contributed by atoms with Crippen LogP contribution in [0.5, 0.6) is 0 Å². The molecule has 0 radical (unpaired) electrons. The summed E-state index contributed by atoms with van der Waals surface area (Å²) in [4.78, 5) is 0. The Morgan fingerprint density at radius 3 is 0.307 bits per heavy atom. The maximum absolute atomic E-state index is 7.00. The van der Waals surface area contributed by atoms with Gasteiger partial charge in [0.1, 0.15) is 0 Å². The van der Waals surface area contributed by atoms with Crippen LogP contribution in [-0.2, 0) is 28.4 Å². The summed E-state index contributed by atoms with van der Waals surface area (Å²) in [5, 5.41) is 0. The van der Waals surface area contributed by atoms with Crippen molar-refractivity contribution in [3.05, 3.63) is 216 Å². The minimum Gasteiger partial charge on any atom is -0.699 e. The van der Waals surface area contributed by atoms with Crippen molar-refractivity contribution in [1.29, 1.82) is 0 Å². The molecule has 396 valence electrons. The molecule has 12 rings (SSSR count). The standard InChI is InChI=1S/6C6H6N.6C4H8O.3Sr/c6*7-6-4-2-1-3-5-6;6*1-2-4-5-3-1;;;/h6*1-5,7H;6*1-4H2;;;/q6*-1;;;;;;;3*+2. The van der Waals surface area contributed by atoms with Crippen molar-refractivity contribution in [2.45, 2.75) is 77.0 Å². The van der Waals surface area contributed by atoms with Crippen LogP contribution in [0.25, 0.3) is 34.4 Å². The molecule has 12 nitrogen and oxygen atoms in total. The van der Waals surface area contributed by atoms with E-state index in [-0.39, 0.29) is 136 Å². The molecular formula is C60H84N6O6Sr3. The zero-order valence-corrected chi connectivity index (χ0v) is 55.3. The predicted octanol–water partition coefficient (Wildman–Crippen LogP) is 17.9. The topological polar surface area (TPSA) is 198 Å². The molecule has 6 fully saturated rings. The van der Waals surface area contributed by atoms with Gasteiger partial charge < -0.3 is 62.8 Å². The largest absolute Gasteiger partial charge is 2.00 e. The predicted molar refractivity (Wildman–Crippen MR) is 320 cm³/mol. The maximum Gasteiger partial charge on any atom is 2.00 e. The van der Waals surface area contributed by atoms with Crippen molar-refractivity contribution >= 4 is 171 Å². The molecule has 0 spiro atoms. The second-order valence-corrected chi connectivity index (χ2v) is 16.1. The first-order valence-electron chi connectivity index (χ1n) is 25.4. The normalized spacial score (nSPS) is 14.4. The minimum absolute atomic E-state index is 0. The van der Waals surface area contributed by atoms with E-state index in [1.54, 1.807) is 72.8 Å². The molecule has 6 aliphatic heterocycles. The average Bonchev–Trinajstić information content (AvgIpc) is 4.28. The average molecular weight is 1250 g/mol. The van der Waals surface area contributed by atoms with Crippen LogP contribution in [0.15, 0.2) is 182 Å². The fraction of sp³-hybridized carbons (Fsp3) is 0.400. The quantitative estimate of drug-likeness (QED) is 0.136. The molecule has 6 aromatic rings. The number of nitrogens with one attached hydrogen (secondary N) is 6.